The van der Waals surface area contributed by atoms with E-state index in [1.54, 1.807) is 11.1 Å². The van der Waals surface area contributed by atoms with E-state index in [1.807, 2.05) is 78.3 Å². The van der Waals surface area contributed by atoms with E-state index in [9.17, 15) is 4.39 Å². The molecule has 8 aromatic rings. The SMILES string of the molecule is CC(C)(C)c1cc(-c2cc(Oc3[c-]c4c(cc3)c3ccccc3n4-c3ccccn3)[c-]c(N3[CH-]N(c4ccc(F)cc4F)c4ccccc43)c2)cc(C(C)(C)C)c1.[Pt]. The zero-order valence-electron chi connectivity index (χ0n) is 33.0. The third kappa shape index (κ3) is 7.17. The van der Waals surface area contributed by atoms with Gasteiger partial charge in [0, 0.05) is 67.4 Å². The largest absolute Gasteiger partial charge is 0.509 e. The Morgan fingerprint density at radius 2 is 1.28 bits per heavy atom. The van der Waals surface area contributed by atoms with E-state index in [2.05, 4.69) is 106 Å². The van der Waals surface area contributed by atoms with Crippen molar-refractivity contribution in [2.24, 2.45) is 0 Å². The van der Waals surface area contributed by atoms with E-state index in [-0.39, 0.29) is 37.6 Å². The van der Waals surface area contributed by atoms with Gasteiger partial charge in [-0.25, -0.2) is 13.8 Å². The summed E-state index contributed by atoms with van der Waals surface area (Å²) in [6, 6.07) is 47.5. The van der Waals surface area contributed by atoms with Crippen molar-refractivity contribution in [3.63, 3.8) is 0 Å². The Bertz CT molecular complexity index is 2790. The third-order valence-electron chi connectivity index (χ3n) is 10.5. The van der Waals surface area contributed by atoms with Crippen molar-refractivity contribution in [3.8, 4) is 28.4 Å². The molecule has 3 heterocycles. The van der Waals surface area contributed by atoms with Crippen molar-refractivity contribution in [2.75, 3.05) is 9.80 Å². The number of benzene rings is 6. The fourth-order valence-electron chi connectivity index (χ4n) is 7.49. The summed E-state index contributed by atoms with van der Waals surface area (Å²) < 4.78 is 38.3. The summed E-state index contributed by atoms with van der Waals surface area (Å²) >= 11 is 0. The minimum absolute atomic E-state index is 0. The number of pyridine rings is 1. The van der Waals surface area contributed by atoms with E-state index >= 15 is 4.39 Å². The van der Waals surface area contributed by atoms with Crippen molar-refractivity contribution in [1.82, 2.24) is 9.55 Å². The van der Waals surface area contributed by atoms with Gasteiger partial charge in [0.25, 0.3) is 0 Å². The first-order valence-electron chi connectivity index (χ1n) is 19.1. The van der Waals surface area contributed by atoms with E-state index < -0.39 is 11.6 Å². The second-order valence-corrected chi connectivity index (χ2v) is 16.6. The second-order valence-electron chi connectivity index (χ2n) is 16.6. The monoisotopic (exact) mass is 946 g/mol. The van der Waals surface area contributed by atoms with Crippen molar-refractivity contribution < 1.29 is 34.6 Å². The zero-order chi connectivity index (χ0) is 39.6. The molecule has 0 aliphatic carbocycles. The number of para-hydroxylation sites is 3. The topological polar surface area (TPSA) is 33.5 Å². The Kier molecular flexibility index (Phi) is 10.0. The van der Waals surface area contributed by atoms with Gasteiger partial charge in [0.15, 0.2) is 0 Å². The van der Waals surface area contributed by atoms with E-state index in [0.717, 1.165) is 56.2 Å². The van der Waals surface area contributed by atoms with Gasteiger partial charge >= 0.3 is 0 Å². The number of aromatic nitrogens is 2. The first-order valence-corrected chi connectivity index (χ1v) is 19.1. The fraction of sp³-hybridized carbons (Fsp3) is 0.160. The molecule has 5 nitrogen and oxygen atoms in total. The normalized spacial score (nSPS) is 12.9. The molecule has 0 unspecified atom stereocenters. The molecule has 9 rings (SSSR count). The molecule has 0 atom stereocenters. The van der Waals surface area contributed by atoms with Gasteiger partial charge < -0.3 is 19.1 Å². The van der Waals surface area contributed by atoms with Crippen LogP contribution < -0.4 is 14.5 Å². The van der Waals surface area contributed by atoms with Gasteiger partial charge in [-0.1, -0.05) is 102 Å². The van der Waals surface area contributed by atoms with Gasteiger partial charge in [-0.2, -0.15) is 6.07 Å². The average molecular weight is 947 g/mol. The molecule has 0 amide bonds. The second kappa shape index (κ2) is 14.9. The Morgan fingerprint density at radius 3 is 1.97 bits per heavy atom. The molecular weight excluding hydrogens is 906 g/mol. The molecule has 2 aromatic heterocycles. The molecule has 1 aliphatic heterocycles. The van der Waals surface area contributed by atoms with Crippen LogP contribution in [0.4, 0.5) is 31.5 Å². The number of nitrogens with zero attached hydrogens (tertiary/aromatic N) is 4. The first-order chi connectivity index (χ1) is 27.3. The van der Waals surface area contributed by atoms with Gasteiger partial charge in [0.1, 0.15) is 17.5 Å². The van der Waals surface area contributed by atoms with E-state index in [0.29, 0.717) is 17.2 Å². The van der Waals surface area contributed by atoms with Crippen LogP contribution in [0.15, 0.2) is 134 Å². The van der Waals surface area contributed by atoms with Crippen LogP contribution in [-0.4, -0.2) is 9.55 Å². The first kappa shape index (κ1) is 39.1. The van der Waals surface area contributed by atoms with Crippen molar-refractivity contribution in [1.29, 1.82) is 0 Å². The summed E-state index contributed by atoms with van der Waals surface area (Å²) in [5.74, 6) is 0.487. The molecule has 0 spiro atoms. The van der Waals surface area contributed by atoms with E-state index in [1.165, 1.54) is 23.3 Å². The molecule has 0 saturated heterocycles. The molecule has 6 aromatic carbocycles. The quantitative estimate of drug-likeness (QED) is 0.156. The maximum atomic E-state index is 15.3. The van der Waals surface area contributed by atoms with Gasteiger partial charge in [0.2, 0.25) is 0 Å². The molecule has 0 fully saturated rings. The molecule has 8 heteroatoms. The number of hydrogen-bond acceptors (Lipinski definition) is 4. The van der Waals surface area contributed by atoms with Crippen LogP contribution in [0.3, 0.4) is 0 Å². The number of halogens is 2. The van der Waals surface area contributed by atoms with Gasteiger partial charge in [-0.05, 0) is 75.4 Å². The van der Waals surface area contributed by atoms with Crippen molar-refractivity contribution >= 4 is 44.6 Å². The molecule has 0 bridgehead atoms. The predicted octanol–water partition coefficient (Wildman–Crippen LogP) is 13.5. The fourth-order valence-corrected chi connectivity index (χ4v) is 7.49. The maximum absolute atomic E-state index is 15.3. The third-order valence-corrected chi connectivity index (χ3v) is 10.5. The molecule has 58 heavy (non-hydrogen) atoms. The molecule has 0 radical (unpaired) electrons. The van der Waals surface area contributed by atoms with Crippen LogP contribution in [0, 0.1) is 30.4 Å². The van der Waals surface area contributed by atoms with Gasteiger partial charge in [0.05, 0.1) is 0 Å². The summed E-state index contributed by atoms with van der Waals surface area (Å²) in [7, 11) is 0. The Morgan fingerprint density at radius 1 is 0.603 bits per heavy atom. The van der Waals surface area contributed by atoms with Crippen LogP contribution in [0.5, 0.6) is 11.5 Å². The molecule has 294 valence electrons. The maximum Gasteiger partial charge on any atom is 0.147 e. The number of rotatable bonds is 6. The Labute approximate surface area is 352 Å². The summed E-state index contributed by atoms with van der Waals surface area (Å²) in [4.78, 5) is 8.39. The predicted molar refractivity (Wildman–Crippen MR) is 227 cm³/mol. The summed E-state index contributed by atoms with van der Waals surface area (Å²) in [6.07, 6.45) is 1.79. The minimum Gasteiger partial charge on any atom is -0.509 e. The van der Waals surface area contributed by atoms with Crippen LogP contribution in [0.1, 0.15) is 52.7 Å². The van der Waals surface area contributed by atoms with Gasteiger partial charge in [-0.3, -0.25) is 0 Å². The Hall–Kier alpha value is -5.78. The van der Waals surface area contributed by atoms with Crippen molar-refractivity contribution in [3.05, 3.63) is 175 Å². The van der Waals surface area contributed by atoms with Gasteiger partial charge in [-0.15, -0.1) is 53.6 Å². The smallest absolute Gasteiger partial charge is 0.147 e. The summed E-state index contributed by atoms with van der Waals surface area (Å²) in [5.41, 5.74) is 8.55. The number of anilines is 4. The van der Waals surface area contributed by atoms with Crippen LogP contribution in [-0.2, 0) is 31.9 Å². The van der Waals surface area contributed by atoms with Crippen LogP contribution in [0.25, 0.3) is 38.8 Å². The zero-order valence-corrected chi connectivity index (χ0v) is 35.3. The average Bonchev–Trinajstić information content (AvgIpc) is 3.73. The molecule has 0 N–H and O–H groups in total. The number of ether oxygens (including phenoxy) is 1. The standard InChI is InChI=1S/C50H41F2N4O.Pt/c1-49(2,3)34-23-32(24-35(27-34)50(4,5)6)33-25-37(54-31-55(46-16-10-9-15-45(46)54)44-21-18-36(51)28-42(44)52)29-39(26-33)57-38-19-20-41-40-13-7-8-14-43(40)56(47(41)30-38)48-17-11-12-22-53-48;/h7-28,31H,1-6H3;/q-3;. The minimum atomic E-state index is -0.660. The van der Waals surface area contributed by atoms with Crippen molar-refractivity contribution in [2.45, 2.75) is 52.4 Å². The van der Waals surface area contributed by atoms with Crippen LogP contribution in [0.2, 0.25) is 0 Å². The Balaban J connectivity index is 0.00000469. The molecular formula is C50H41F2N4OPt-3. The molecule has 1 aliphatic rings. The van der Waals surface area contributed by atoms with E-state index in [4.69, 9.17) is 4.74 Å². The number of fused-ring (bicyclic) bond motifs is 4. The summed E-state index contributed by atoms with van der Waals surface area (Å²) in [6.45, 7) is 15.2. The molecule has 0 saturated carbocycles. The van der Waals surface area contributed by atoms with Crippen LogP contribution >= 0.6 is 0 Å². The number of hydrogen-bond donors (Lipinski definition) is 0. The summed E-state index contributed by atoms with van der Waals surface area (Å²) in [5, 5.41) is 2.13.